The zero-order valence-electron chi connectivity index (χ0n) is 8.22. The molecule has 1 aliphatic rings. The summed E-state index contributed by atoms with van der Waals surface area (Å²) in [5.74, 6) is 0.586. The van der Waals surface area contributed by atoms with E-state index in [1.807, 2.05) is 22.0 Å². The van der Waals surface area contributed by atoms with Crippen LogP contribution in [0.15, 0.2) is 12.3 Å². The van der Waals surface area contributed by atoms with Gasteiger partial charge in [-0.25, -0.2) is 0 Å². The van der Waals surface area contributed by atoms with Crippen molar-refractivity contribution in [2.75, 3.05) is 25.4 Å². The van der Waals surface area contributed by atoms with Crippen molar-refractivity contribution in [2.24, 2.45) is 0 Å². The summed E-state index contributed by atoms with van der Waals surface area (Å²) in [5.41, 5.74) is 5.51. The van der Waals surface area contributed by atoms with E-state index in [1.54, 1.807) is 0 Å². The Morgan fingerprint density at radius 2 is 2.43 bits per heavy atom. The van der Waals surface area contributed by atoms with Crippen molar-refractivity contribution in [2.45, 2.75) is 19.4 Å². The minimum Gasteiger partial charge on any atom is -0.382 e. The maximum absolute atomic E-state index is 5.51. The van der Waals surface area contributed by atoms with Crippen LogP contribution < -0.4 is 5.73 Å². The van der Waals surface area contributed by atoms with Gasteiger partial charge in [0.1, 0.15) is 5.82 Å². The summed E-state index contributed by atoms with van der Waals surface area (Å²) in [5, 5.41) is 6.13. The number of anilines is 1. The van der Waals surface area contributed by atoms with E-state index in [2.05, 4.69) is 5.10 Å². The highest BCUT2D eigenvalue weighted by atomic mass is 16.7. The quantitative estimate of drug-likeness (QED) is 0.761. The van der Waals surface area contributed by atoms with Crippen molar-refractivity contribution >= 4 is 5.82 Å². The van der Waals surface area contributed by atoms with Gasteiger partial charge in [0.2, 0.25) is 0 Å². The molecule has 1 aromatic heterocycles. The maximum Gasteiger partial charge on any atom is 0.145 e. The molecule has 0 amide bonds. The first kappa shape index (κ1) is 9.48. The maximum atomic E-state index is 5.51. The van der Waals surface area contributed by atoms with E-state index in [9.17, 15) is 0 Å². The minimum absolute atomic E-state index is 0.586. The third-order valence-corrected chi connectivity index (χ3v) is 2.28. The molecular weight excluding hydrogens is 180 g/mol. The predicted octanol–water partition coefficient (Wildman–Crippen LogP) is 0.493. The summed E-state index contributed by atoms with van der Waals surface area (Å²) < 4.78 is 1.87. The van der Waals surface area contributed by atoms with Gasteiger partial charge in [-0.05, 0) is 18.9 Å². The molecule has 1 saturated heterocycles. The Balaban J connectivity index is 1.67. The van der Waals surface area contributed by atoms with Crippen molar-refractivity contribution in [3.05, 3.63) is 12.3 Å². The lowest BCUT2D eigenvalue weighted by molar-refractivity contribution is -0.110. The van der Waals surface area contributed by atoms with Gasteiger partial charge >= 0.3 is 0 Å². The molecule has 0 bridgehead atoms. The molecule has 2 rings (SSSR count). The molecule has 1 fully saturated rings. The van der Waals surface area contributed by atoms with E-state index < -0.39 is 0 Å². The van der Waals surface area contributed by atoms with Crippen LogP contribution in [0.3, 0.4) is 0 Å². The summed E-state index contributed by atoms with van der Waals surface area (Å²) in [6.07, 6.45) is 4.09. The number of aryl methyl sites for hydroxylation is 1. The lowest BCUT2D eigenvalue weighted by Crippen LogP contribution is -2.20. The molecule has 2 N–H and O–H groups in total. The first-order valence-corrected chi connectivity index (χ1v) is 5.01. The van der Waals surface area contributed by atoms with Crippen molar-refractivity contribution in [1.29, 1.82) is 0 Å². The first-order chi connectivity index (χ1) is 6.84. The number of rotatable bonds is 4. The van der Waals surface area contributed by atoms with Gasteiger partial charge < -0.3 is 5.73 Å². The monoisotopic (exact) mass is 196 g/mol. The van der Waals surface area contributed by atoms with Crippen LogP contribution in [0.2, 0.25) is 0 Å². The molecule has 5 heteroatoms. The summed E-state index contributed by atoms with van der Waals surface area (Å²) in [6, 6.07) is 1.81. The number of hydrogen-bond acceptors (Lipinski definition) is 4. The van der Waals surface area contributed by atoms with Crippen LogP contribution in [-0.2, 0) is 11.4 Å². The fourth-order valence-corrected chi connectivity index (χ4v) is 1.59. The Morgan fingerprint density at radius 1 is 1.50 bits per heavy atom. The molecule has 0 saturated carbocycles. The molecule has 1 aliphatic heterocycles. The highest BCUT2D eigenvalue weighted by Gasteiger charge is 2.11. The van der Waals surface area contributed by atoms with Crippen molar-refractivity contribution < 1.29 is 4.84 Å². The standard InChI is InChI=1S/C9H16N4O/c10-9-3-7-12(11-9)4-1-5-13-6-2-8-14-13/h3,7H,1-2,4-6,8H2,(H2,10,11). The van der Waals surface area contributed by atoms with Gasteiger partial charge in [-0.1, -0.05) is 0 Å². The normalized spacial score (nSPS) is 17.7. The zero-order chi connectivity index (χ0) is 9.80. The van der Waals surface area contributed by atoms with Crippen LogP contribution in [0.5, 0.6) is 0 Å². The topological polar surface area (TPSA) is 56.3 Å². The molecule has 0 radical (unpaired) electrons. The SMILES string of the molecule is Nc1ccn(CCCN2CCCO2)n1. The number of nitrogens with two attached hydrogens (primary N) is 1. The summed E-state index contributed by atoms with van der Waals surface area (Å²) >= 11 is 0. The second-order valence-electron chi connectivity index (χ2n) is 3.47. The van der Waals surface area contributed by atoms with Crippen molar-refractivity contribution in [3.8, 4) is 0 Å². The highest BCUT2D eigenvalue weighted by Crippen LogP contribution is 2.05. The summed E-state index contributed by atoms with van der Waals surface area (Å²) in [7, 11) is 0. The van der Waals surface area contributed by atoms with Gasteiger partial charge in [-0.2, -0.15) is 10.2 Å². The smallest absolute Gasteiger partial charge is 0.145 e. The molecule has 0 aromatic carbocycles. The average Bonchev–Trinajstić information content (AvgIpc) is 2.77. The third kappa shape index (κ3) is 2.46. The fourth-order valence-electron chi connectivity index (χ4n) is 1.59. The van der Waals surface area contributed by atoms with E-state index >= 15 is 0 Å². The van der Waals surface area contributed by atoms with Gasteiger partial charge in [0.15, 0.2) is 0 Å². The second kappa shape index (κ2) is 4.43. The van der Waals surface area contributed by atoms with Crippen LogP contribution in [-0.4, -0.2) is 34.5 Å². The summed E-state index contributed by atoms with van der Waals surface area (Å²) in [4.78, 5) is 5.38. The molecule has 0 atom stereocenters. The van der Waals surface area contributed by atoms with E-state index in [0.29, 0.717) is 5.82 Å². The van der Waals surface area contributed by atoms with Gasteiger partial charge in [0.05, 0.1) is 6.61 Å². The molecule has 0 unspecified atom stereocenters. The van der Waals surface area contributed by atoms with Crippen molar-refractivity contribution in [1.82, 2.24) is 14.8 Å². The van der Waals surface area contributed by atoms with Gasteiger partial charge in [0.25, 0.3) is 0 Å². The van der Waals surface area contributed by atoms with E-state index in [0.717, 1.165) is 39.1 Å². The Labute approximate surface area is 83.4 Å². The molecule has 78 valence electrons. The molecule has 0 spiro atoms. The second-order valence-corrected chi connectivity index (χ2v) is 3.47. The van der Waals surface area contributed by atoms with Crippen LogP contribution in [0.1, 0.15) is 12.8 Å². The highest BCUT2D eigenvalue weighted by molar-refractivity contribution is 5.23. The van der Waals surface area contributed by atoms with Crippen LogP contribution in [0.4, 0.5) is 5.82 Å². The minimum atomic E-state index is 0.586. The largest absolute Gasteiger partial charge is 0.382 e. The Hall–Kier alpha value is -1.07. The number of nitrogen functional groups attached to an aromatic ring is 1. The summed E-state index contributed by atoms with van der Waals surface area (Å²) in [6.45, 7) is 3.80. The lowest BCUT2D eigenvalue weighted by atomic mass is 10.4. The van der Waals surface area contributed by atoms with Crippen molar-refractivity contribution in [3.63, 3.8) is 0 Å². The van der Waals surface area contributed by atoms with Crippen LogP contribution >= 0.6 is 0 Å². The molecule has 2 heterocycles. The number of hydrogen-bond donors (Lipinski definition) is 1. The first-order valence-electron chi connectivity index (χ1n) is 5.01. The third-order valence-electron chi connectivity index (χ3n) is 2.28. The average molecular weight is 196 g/mol. The molecule has 5 nitrogen and oxygen atoms in total. The van der Waals surface area contributed by atoms with Gasteiger partial charge in [-0.3, -0.25) is 9.52 Å². The number of hydroxylamine groups is 2. The lowest BCUT2D eigenvalue weighted by Gasteiger charge is -2.12. The van der Waals surface area contributed by atoms with Gasteiger partial charge in [0, 0.05) is 25.8 Å². The van der Waals surface area contributed by atoms with E-state index in [1.165, 1.54) is 0 Å². The predicted molar refractivity (Wildman–Crippen MR) is 53.4 cm³/mol. The Kier molecular flexibility index (Phi) is 3.00. The number of aromatic nitrogens is 2. The Morgan fingerprint density at radius 3 is 3.07 bits per heavy atom. The molecule has 1 aromatic rings. The van der Waals surface area contributed by atoms with Crippen LogP contribution in [0.25, 0.3) is 0 Å². The van der Waals surface area contributed by atoms with E-state index in [-0.39, 0.29) is 0 Å². The fraction of sp³-hybridized carbons (Fsp3) is 0.667. The van der Waals surface area contributed by atoms with Crippen LogP contribution in [0, 0.1) is 0 Å². The number of nitrogens with zero attached hydrogens (tertiary/aromatic N) is 3. The van der Waals surface area contributed by atoms with E-state index in [4.69, 9.17) is 10.6 Å². The molecular formula is C9H16N4O. The molecule has 0 aliphatic carbocycles. The Bertz CT molecular complexity index is 280. The zero-order valence-corrected chi connectivity index (χ0v) is 8.22. The molecule has 14 heavy (non-hydrogen) atoms. The van der Waals surface area contributed by atoms with Gasteiger partial charge in [-0.15, -0.1) is 0 Å².